The summed E-state index contributed by atoms with van der Waals surface area (Å²) in [6, 6.07) is 7.96. The lowest BCUT2D eigenvalue weighted by Crippen LogP contribution is -2.37. The van der Waals surface area contributed by atoms with Crippen LogP contribution >= 0.6 is 0 Å². The van der Waals surface area contributed by atoms with Crippen molar-refractivity contribution in [3.05, 3.63) is 29.8 Å². The van der Waals surface area contributed by atoms with E-state index in [9.17, 15) is 4.79 Å². The second-order valence-corrected chi connectivity index (χ2v) is 6.01. The summed E-state index contributed by atoms with van der Waals surface area (Å²) in [5, 5.41) is 3.12. The molecule has 0 aromatic heterocycles. The fourth-order valence-electron chi connectivity index (χ4n) is 2.60. The molecule has 4 heteroatoms. The minimum absolute atomic E-state index is 0.0168. The van der Waals surface area contributed by atoms with Gasteiger partial charge >= 0.3 is 0 Å². The molecule has 0 spiro atoms. The molecule has 1 aromatic rings. The van der Waals surface area contributed by atoms with Crippen LogP contribution in [-0.4, -0.2) is 25.2 Å². The molecule has 1 N–H and O–H groups in total. The van der Waals surface area contributed by atoms with Crippen LogP contribution < -0.4 is 10.1 Å². The highest BCUT2D eigenvalue weighted by molar-refractivity contribution is 5.80. The van der Waals surface area contributed by atoms with E-state index in [-0.39, 0.29) is 18.1 Å². The summed E-state index contributed by atoms with van der Waals surface area (Å²) in [7, 11) is 0. The lowest BCUT2D eigenvalue weighted by molar-refractivity contribution is -0.132. The average Bonchev–Trinajstić information content (AvgIpc) is 3.32. The molecule has 114 valence electrons. The molecule has 1 fully saturated rings. The monoisotopic (exact) mass is 289 g/mol. The summed E-state index contributed by atoms with van der Waals surface area (Å²) in [5.41, 5.74) is 1.07. The quantitative estimate of drug-likeness (QED) is 0.906. The molecule has 2 aliphatic rings. The van der Waals surface area contributed by atoms with Crippen LogP contribution in [0, 0.1) is 5.92 Å². The smallest absolute Gasteiger partial charge is 0.249 e. The maximum Gasteiger partial charge on any atom is 0.249 e. The molecule has 0 saturated heterocycles. The number of nitrogens with one attached hydrogen (secondary N) is 1. The van der Waals surface area contributed by atoms with Crippen molar-refractivity contribution in [1.29, 1.82) is 0 Å². The van der Waals surface area contributed by atoms with Crippen LogP contribution in [0.15, 0.2) is 24.3 Å². The van der Waals surface area contributed by atoms with Gasteiger partial charge in [0.25, 0.3) is 0 Å². The lowest BCUT2D eigenvalue weighted by Gasteiger charge is -2.21. The molecule has 1 aliphatic carbocycles. The van der Waals surface area contributed by atoms with Gasteiger partial charge in [-0.15, -0.1) is 0 Å². The van der Waals surface area contributed by atoms with E-state index in [1.807, 2.05) is 31.2 Å². The van der Waals surface area contributed by atoms with Gasteiger partial charge in [0, 0.05) is 5.56 Å². The van der Waals surface area contributed by atoms with Crippen molar-refractivity contribution in [1.82, 2.24) is 5.32 Å². The SMILES string of the molecule is C[C@@H](OCC1CC1)C(=O)N[C@@H]1CCCOc2ccccc21. The van der Waals surface area contributed by atoms with E-state index < -0.39 is 0 Å². The molecule has 1 aliphatic heterocycles. The van der Waals surface area contributed by atoms with E-state index >= 15 is 0 Å². The Morgan fingerprint density at radius 3 is 3.00 bits per heavy atom. The predicted octanol–water partition coefficient (Wildman–Crippen LogP) is 2.83. The van der Waals surface area contributed by atoms with Crippen LogP contribution in [-0.2, 0) is 9.53 Å². The molecule has 2 atom stereocenters. The van der Waals surface area contributed by atoms with Gasteiger partial charge in [-0.25, -0.2) is 0 Å². The molecule has 0 bridgehead atoms. The Balaban J connectivity index is 1.61. The average molecular weight is 289 g/mol. The number of carbonyl (C=O) groups is 1. The number of para-hydroxylation sites is 1. The normalized spacial score (nSPS) is 22.6. The third-order valence-electron chi connectivity index (χ3n) is 4.15. The second kappa shape index (κ2) is 6.48. The first kappa shape index (κ1) is 14.4. The molecule has 1 amide bonds. The maximum absolute atomic E-state index is 12.3. The number of hydrogen-bond donors (Lipinski definition) is 1. The zero-order chi connectivity index (χ0) is 14.7. The Kier molecular flexibility index (Phi) is 4.44. The first-order valence-electron chi connectivity index (χ1n) is 7.88. The first-order valence-corrected chi connectivity index (χ1v) is 7.88. The summed E-state index contributed by atoms with van der Waals surface area (Å²) in [6.45, 7) is 3.24. The van der Waals surface area contributed by atoms with E-state index in [0.717, 1.165) is 24.2 Å². The number of carbonyl (C=O) groups excluding carboxylic acids is 1. The van der Waals surface area contributed by atoms with Gasteiger partial charge in [0.1, 0.15) is 11.9 Å². The Bertz CT molecular complexity index is 499. The maximum atomic E-state index is 12.3. The minimum atomic E-state index is -0.387. The van der Waals surface area contributed by atoms with Gasteiger partial charge in [0.15, 0.2) is 0 Å². The van der Waals surface area contributed by atoms with Crippen LogP contribution in [0.25, 0.3) is 0 Å². The fourth-order valence-corrected chi connectivity index (χ4v) is 2.60. The van der Waals surface area contributed by atoms with Gasteiger partial charge in [-0.3, -0.25) is 4.79 Å². The third-order valence-corrected chi connectivity index (χ3v) is 4.15. The van der Waals surface area contributed by atoms with Crippen molar-refractivity contribution in [2.75, 3.05) is 13.2 Å². The Morgan fingerprint density at radius 1 is 1.38 bits per heavy atom. The number of benzene rings is 1. The molecule has 4 nitrogen and oxygen atoms in total. The molecule has 21 heavy (non-hydrogen) atoms. The van der Waals surface area contributed by atoms with Gasteiger partial charge in [-0.2, -0.15) is 0 Å². The number of ether oxygens (including phenoxy) is 2. The molecular weight excluding hydrogens is 266 g/mol. The summed E-state index contributed by atoms with van der Waals surface area (Å²) in [4.78, 5) is 12.3. The van der Waals surface area contributed by atoms with Gasteiger partial charge in [-0.05, 0) is 44.6 Å². The summed E-state index contributed by atoms with van der Waals surface area (Å²) < 4.78 is 11.4. The van der Waals surface area contributed by atoms with Crippen LogP contribution in [0.1, 0.15) is 44.2 Å². The summed E-state index contributed by atoms with van der Waals surface area (Å²) >= 11 is 0. The van der Waals surface area contributed by atoms with Crippen molar-refractivity contribution >= 4 is 5.91 Å². The number of amides is 1. The van der Waals surface area contributed by atoms with E-state index in [0.29, 0.717) is 19.1 Å². The zero-order valence-electron chi connectivity index (χ0n) is 12.5. The fraction of sp³-hybridized carbons (Fsp3) is 0.588. The van der Waals surface area contributed by atoms with Crippen molar-refractivity contribution in [3.63, 3.8) is 0 Å². The molecule has 1 saturated carbocycles. The molecule has 1 aromatic carbocycles. The lowest BCUT2D eigenvalue weighted by atomic mass is 10.0. The van der Waals surface area contributed by atoms with E-state index in [4.69, 9.17) is 9.47 Å². The highest BCUT2D eigenvalue weighted by Crippen LogP contribution is 2.31. The van der Waals surface area contributed by atoms with E-state index in [1.54, 1.807) is 0 Å². The summed E-state index contributed by atoms with van der Waals surface area (Å²) in [5.74, 6) is 1.52. The predicted molar refractivity (Wildman–Crippen MR) is 80.2 cm³/mol. The van der Waals surface area contributed by atoms with Crippen LogP contribution in [0.2, 0.25) is 0 Å². The molecule has 3 rings (SSSR count). The largest absolute Gasteiger partial charge is 0.493 e. The molecular formula is C17H23NO3. The molecule has 1 heterocycles. The van der Waals surface area contributed by atoms with E-state index in [2.05, 4.69) is 5.32 Å². The number of fused-ring (bicyclic) bond motifs is 1. The van der Waals surface area contributed by atoms with Crippen molar-refractivity contribution < 1.29 is 14.3 Å². The highest BCUT2D eigenvalue weighted by atomic mass is 16.5. The Hall–Kier alpha value is -1.55. The second-order valence-electron chi connectivity index (χ2n) is 6.01. The van der Waals surface area contributed by atoms with Gasteiger partial charge in [0.05, 0.1) is 19.3 Å². The third kappa shape index (κ3) is 3.76. The number of hydrogen-bond acceptors (Lipinski definition) is 3. The Morgan fingerprint density at radius 2 is 2.19 bits per heavy atom. The zero-order valence-corrected chi connectivity index (χ0v) is 12.5. The van der Waals surface area contributed by atoms with E-state index in [1.165, 1.54) is 12.8 Å². The van der Waals surface area contributed by atoms with Crippen molar-refractivity contribution in [2.24, 2.45) is 5.92 Å². The van der Waals surface area contributed by atoms with Gasteiger partial charge in [0.2, 0.25) is 5.91 Å². The molecule has 0 unspecified atom stereocenters. The van der Waals surface area contributed by atoms with Gasteiger partial charge < -0.3 is 14.8 Å². The molecule has 0 radical (unpaired) electrons. The summed E-state index contributed by atoms with van der Waals surface area (Å²) in [6.07, 6.45) is 3.93. The number of rotatable bonds is 5. The van der Waals surface area contributed by atoms with Crippen molar-refractivity contribution in [2.45, 2.75) is 44.8 Å². The van der Waals surface area contributed by atoms with Gasteiger partial charge in [-0.1, -0.05) is 18.2 Å². The minimum Gasteiger partial charge on any atom is -0.493 e. The highest BCUT2D eigenvalue weighted by Gasteiger charge is 2.26. The van der Waals surface area contributed by atoms with Crippen LogP contribution in [0.5, 0.6) is 5.75 Å². The first-order chi connectivity index (χ1) is 10.2. The standard InChI is InChI=1S/C17H23NO3/c1-12(21-11-13-8-9-13)17(19)18-15-6-4-10-20-16-7-3-2-5-14(15)16/h2-3,5,7,12-13,15H,4,6,8-11H2,1H3,(H,18,19)/t12-,15-/m1/s1. The van der Waals surface area contributed by atoms with Crippen LogP contribution in [0.4, 0.5) is 0 Å². The van der Waals surface area contributed by atoms with Crippen LogP contribution in [0.3, 0.4) is 0 Å². The van der Waals surface area contributed by atoms with Crippen molar-refractivity contribution in [3.8, 4) is 5.75 Å². The Labute approximate surface area is 125 Å². The topological polar surface area (TPSA) is 47.6 Å².